The van der Waals surface area contributed by atoms with Gasteiger partial charge in [0.25, 0.3) is 0 Å². The van der Waals surface area contributed by atoms with Crippen molar-refractivity contribution < 1.29 is 19.7 Å². The first kappa shape index (κ1) is 15.2. The number of nitrogens with zero attached hydrogens (tertiary/aromatic N) is 1. The Labute approximate surface area is 130 Å². The Balaban J connectivity index is 1.71. The lowest BCUT2D eigenvalue weighted by Crippen LogP contribution is -2.43. The molecule has 2 atom stereocenters. The molecule has 1 saturated heterocycles. The third kappa shape index (κ3) is 3.04. The Hall–Kier alpha value is -1.75. The third-order valence-corrected chi connectivity index (χ3v) is 4.75. The molecule has 0 radical (unpaired) electrons. The molecule has 0 aromatic heterocycles. The van der Waals surface area contributed by atoms with Gasteiger partial charge in [-0.05, 0) is 36.9 Å². The number of ether oxygens (including phenoxy) is 1. The van der Waals surface area contributed by atoms with Gasteiger partial charge in [0.05, 0.1) is 0 Å². The van der Waals surface area contributed by atoms with E-state index in [0.29, 0.717) is 12.0 Å². The van der Waals surface area contributed by atoms with Crippen LogP contribution in [0.5, 0.6) is 11.5 Å². The number of hydrogen-bond acceptors (Lipinski definition) is 5. The highest BCUT2D eigenvalue weighted by Gasteiger charge is 2.31. The van der Waals surface area contributed by atoms with E-state index < -0.39 is 5.97 Å². The van der Waals surface area contributed by atoms with Crippen LogP contribution in [0, 0.1) is 5.92 Å². The number of aromatic hydroxyl groups is 2. The van der Waals surface area contributed by atoms with E-state index in [1.54, 1.807) is 6.07 Å². The monoisotopic (exact) mass is 305 g/mol. The first-order chi connectivity index (χ1) is 10.6. The standard InChI is InChI=1S/C17H23NO4/c1-2-11-4-3-5-18(9-11)10-14-7-12-6-13(19)8-15(20)16(12)17(21)22-14/h6,8,11,14,19-20H,2-5,7,9-10H2,1H3/t11-,14+/m0/s1. The Bertz CT molecular complexity index is 572. The van der Waals surface area contributed by atoms with E-state index in [1.807, 2.05) is 0 Å². The maximum absolute atomic E-state index is 12.1. The number of rotatable bonds is 3. The summed E-state index contributed by atoms with van der Waals surface area (Å²) in [5.74, 6) is 0.0115. The van der Waals surface area contributed by atoms with Crippen LogP contribution in [-0.2, 0) is 11.2 Å². The van der Waals surface area contributed by atoms with E-state index in [0.717, 1.165) is 25.6 Å². The summed E-state index contributed by atoms with van der Waals surface area (Å²) in [7, 11) is 0. The summed E-state index contributed by atoms with van der Waals surface area (Å²) in [4.78, 5) is 14.5. The maximum Gasteiger partial charge on any atom is 0.342 e. The normalized spacial score (nSPS) is 25.6. The molecule has 3 rings (SSSR count). The van der Waals surface area contributed by atoms with Crippen LogP contribution >= 0.6 is 0 Å². The second kappa shape index (κ2) is 6.16. The predicted molar refractivity (Wildman–Crippen MR) is 82.1 cm³/mol. The van der Waals surface area contributed by atoms with E-state index in [2.05, 4.69) is 11.8 Å². The minimum atomic E-state index is -0.493. The lowest BCUT2D eigenvalue weighted by molar-refractivity contribution is 0.0107. The van der Waals surface area contributed by atoms with Crippen molar-refractivity contribution in [3.63, 3.8) is 0 Å². The summed E-state index contributed by atoms with van der Waals surface area (Å²) in [6, 6.07) is 2.73. The number of phenols is 2. The van der Waals surface area contributed by atoms with Gasteiger partial charge < -0.3 is 14.9 Å². The van der Waals surface area contributed by atoms with Crippen molar-refractivity contribution in [1.82, 2.24) is 4.90 Å². The topological polar surface area (TPSA) is 70.0 Å². The Morgan fingerprint density at radius 1 is 1.36 bits per heavy atom. The van der Waals surface area contributed by atoms with Gasteiger partial charge in [-0.2, -0.15) is 0 Å². The first-order valence-corrected chi connectivity index (χ1v) is 8.05. The van der Waals surface area contributed by atoms with Crippen molar-refractivity contribution in [1.29, 1.82) is 0 Å². The highest BCUT2D eigenvalue weighted by molar-refractivity contribution is 5.95. The van der Waals surface area contributed by atoms with Crippen LogP contribution in [0.15, 0.2) is 12.1 Å². The lowest BCUT2D eigenvalue weighted by Gasteiger charge is -2.35. The van der Waals surface area contributed by atoms with Crippen molar-refractivity contribution in [2.24, 2.45) is 5.92 Å². The molecule has 5 heteroatoms. The second-order valence-electron chi connectivity index (χ2n) is 6.41. The Morgan fingerprint density at radius 3 is 2.95 bits per heavy atom. The van der Waals surface area contributed by atoms with Crippen molar-refractivity contribution in [2.75, 3.05) is 19.6 Å². The van der Waals surface area contributed by atoms with Gasteiger partial charge in [-0.1, -0.05) is 13.3 Å². The molecule has 2 aliphatic heterocycles. The number of hydrogen-bond donors (Lipinski definition) is 2. The van der Waals surface area contributed by atoms with Crippen LogP contribution in [0.25, 0.3) is 0 Å². The van der Waals surface area contributed by atoms with Gasteiger partial charge >= 0.3 is 5.97 Å². The molecule has 120 valence electrons. The number of carbonyl (C=O) groups excluding carboxylic acids is 1. The minimum Gasteiger partial charge on any atom is -0.508 e. The van der Waals surface area contributed by atoms with Crippen LogP contribution in [0.1, 0.15) is 42.1 Å². The molecule has 5 nitrogen and oxygen atoms in total. The molecule has 0 amide bonds. The quantitative estimate of drug-likeness (QED) is 0.839. The molecule has 1 aromatic carbocycles. The van der Waals surface area contributed by atoms with Crippen LogP contribution in [0.2, 0.25) is 0 Å². The molecule has 22 heavy (non-hydrogen) atoms. The number of esters is 1. The predicted octanol–water partition coefficient (Wildman–Crippen LogP) is 2.30. The van der Waals surface area contributed by atoms with E-state index in [-0.39, 0.29) is 23.2 Å². The summed E-state index contributed by atoms with van der Waals surface area (Å²) in [6.07, 6.45) is 3.98. The van der Waals surface area contributed by atoms with E-state index in [1.165, 1.54) is 25.3 Å². The van der Waals surface area contributed by atoms with Crippen molar-refractivity contribution in [3.05, 3.63) is 23.3 Å². The number of likely N-dealkylation sites (tertiary alicyclic amines) is 1. The number of benzene rings is 1. The zero-order valence-electron chi connectivity index (χ0n) is 12.9. The van der Waals surface area contributed by atoms with E-state index >= 15 is 0 Å². The van der Waals surface area contributed by atoms with Crippen LogP contribution < -0.4 is 0 Å². The molecule has 2 N–H and O–H groups in total. The molecule has 2 aliphatic rings. The average Bonchev–Trinajstić information content (AvgIpc) is 2.46. The molecule has 2 heterocycles. The fraction of sp³-hybridized carbons (Fsp3) is 0.588. The van der Waals surface area contributed by atoms with Crippen molar-refractivity contribution >= 4 is 5.97 Å². The SMILES string of the molecule is CC[C@H]1CCCN(C[C@H]2Cc3cc(O)cc(O)c3C(=O)O2)C1. The van der Waals surface area contributed by atoms with Crippen LogP contribution in [0.3, 0.4) is 0 Å². The number of piperidine rings is 1. The highest BCUT2D eigenvalue weighted by atomic mass is 16.5. The number of fused-ring (bicyclic) bond motifs is 1. The summed E-state index contributed by atoms with van der Waals surface area (Å²) in [6.45, 7) is 5.04. The Kier molecular flexibility index (Phi) is 4.25. The molecule has 0 unspecified atom stereocenters. The van der Waals surface area contributed by atoms with Crippen LogP contribution in [0.4, 0.5) is 0 Å². The van der Waals surface area contributed by atoms with Gasteiger partial charge in [0.2, 0.25) is 0 Å². The van der Waals surface area contributed by atoms with Gasteiger partial charge in [-0.3, -0.25) is 4.90 Å². The smallest absolute Gasteiger partial charge is 0.342 e. The fourth-order valence-corrected chi connectivity index (χ4v) is 3.60. The summed E-state index contributed by atoms with van der Waals surface area (Å²) in [5.41, 5.74) is 0.863. The minimum absolute atomic E-state index is 0.0197. The molecule has 0 spiro atoms. The largest absolute Gasteiger partial charge is 0.508 e. The van der Waals surface area contributed by atoms with Crippen LogP contribution in [-0.4, -0.2) is 46.8 Å². The molecule has 0 saturated carbocycles. The number of carbonyl (C=O) groups is 1. The average molecular weight is 305 g/mol. The molecular weight excluding hydrogens is 282 g/mol. The maximum atomic E-state index is 12.1. The van der Waals surface area contributed by atoms with Gasteiger partial charge in [0, 0.05) is 25.6 Å². The molecular formula is C17H23NO4. The van der Waals surface area contributed by atoms with Gasteiger partial charge in [-0.15, -0.1) is 0 Å². The molecule has 1 aromatic rings. The van der Waals surface area contributed by atoms with E-state index in [9.17, 15) is 15.0 Å². The summed E-state index contributed by atoms with van der Waals surface area (Å²) >= 11 is 0. The first-order valence-electron chi connectivity index (χ1n) is 8.05. The zero-order chi connectivity index (χ0) is 15.7. The number of phenolic OH excluding ortho intramolecular Hbond substituents is 2. The molecule has 1 fully saturated rings. The summed E-state index contributed by atoms with van der Waals surface area (Å²) < 4.78 is 5.48. The number of cyclic esters (lactones) is 1. The van der Waals surface area contributed by atoms with Crippen molar-refractivity contribution in [2.45, 2.75) is 38.7 Å². The summed E-state index contributed by atoms with van der Waals surface area (Å²) in [5, 5.41) is 19.4. The third-order valence-electron chi connectivity index (χ3n) is 4.75. The van der Waals surface area contributed by atoms with Crippen molar-refractivity contribution in [3.8, 4) is 11.5 Å². The highest BCUT2D eigenvalue weighted by Crippen LogP contribution is 2.32. The molecule has 0 aliphatic carbocycles. The van der Waals surface area contributed by atoms with Gasteiger partial charge in [0.1, 0.15) is 23.2 Å². The zero-order valence-corrected chi connectivity index (χ0v) is 12.9. The van der Waals surface area contributed by atoms with Gasteiger partial charge in [0.15, 0.2) is 0 Å². The van der Waals surface area contributed by atoms with Gasteiger partial charge in [-0.25, -0.2) is 4.79 Å². The fourth-order valence-electron chi connectivity index (χ4n) is 3.60. The van der Waals surface area contributed by atoms with E-state index in [4.69, 9.17) is 4.74 Å². The Morgan fingerprint density at radius 2 is 2.18 bits per heavy atom. The second-order valence-corrected chi connectivity index (χ2v) is 6.41. The molecule has 0 bridgehead atoms. The lowest BCUT2D eigenvalue weighted by atomic mass is 9.94.